The Morgan fingerprint density at radius 2 is 1.93 bits per heavy atom. The Hall–Kier alpha value is -0.530. The number of rotatable bonds is 5. The van der Waals surface area contributed by atoms with E-state index in [1.54, 1.807) is 0 Å². The lowest BCUT2D eigenvalue weighted by atomic mass is 9.96. The summed E-state index contributed by atoms with van der Waals surface area (Å²) in [5.41, 5.74) is 0.181. The summed E-state index contributed by atoms with van der Waals surface area (Å²) in [6.45, 7) is 11.3. The fraction of sp³-hybridized carbons (Fsp3) is 0.917. The molecule has 1 amide bonds. The van der Waals surface area contributed by atoms with Gasteiger partial charge in [0.2, 0.25) is 5.91 Å². The van der Waals surface area contributed by atoms with Crippen LogP contribution in [0.4, 0.5) is 0 Å². The molecule has 14 heavy (non-hydrogen) atoms. The van der Waals surface area contributed by atoms with Crippen molar-refractivity contribution in [3.63, 3.8) is 0 Å². The molecule has 1 atom stereocenters. The number of carbonyl (C=O) groups is 1. The minimum Gasteiger partial charge on any atom is -0.355 e. The van der Waals surface area contributed by atoms with Crippen LogP contribution in [0.5, 0.6) is 0 Å². The van der Waals surface area contributed by atoms with E-state index in [0.717, 1.165) is 25.8 Å². The van der Waals surface area contributed by atoms with Crippen molar-refractivity contribution < 1.29 is 4.79 Å². The molecule has 2 nitrogen and oxygen atoms in total. The Kier molecular flexibility index (Phi) is 5.82. The quantitative estimate of drug-likeness (QED) is 0.724. The monoisotopic (exact) mass is 199 g/mol. The van der Waals surface area contributed by atoms with Gasteiger partial charge in [0.15, 0.2) is 0 Å². The summed E-state index contributed by atoms with van der Waals surface area (Å²) in [5, 5.41) is 2.99. The molecule has 0 rings (SSSR count). The molecule has 0 aliphatic heterocycles. The molecule has 0 heterocycles. The maximum Gasteiger partial charge on any atom is 0.222 e. The van der Waals surface area contributed by atoms with Gasteiger partial charge in [-0.25, -0.2) is 0 Å². The molecular formula is C12H25NO. The highest BCUT2D eigenvalue weighted by molar-refractivity contribution is 5.78. The van der Waals surface area contributed by atoms with Crippen LogP contribution in [0.1, 0.15) is 53.9 Å². The van der Waals surface area contributed by atoms with E-state index in [-0.39, 0.29) is 17.2 Å². The van der Waals surface area contributed by atoms with Gasteiger partial charge in [0, 0.05) is 12.5 Å². The van der Waals surface area contributed by atoms with Crippen LogP contribution in [-0.2, 0) is 4.79 Å². The molecule has 0 aromatic rings. The summed E-state index contributed by atoms with van der Waals surface area (Å²) >= 11 is 0. The first-order chi connectivity index (χ1) is 6.37. The van der Waals surface area contributed by atoms with E-state index < -0.39 is 0 Å². The molecule has 0 fully saturated rings. The third-order valence-electron chi connectivity index (χ3n) is 2.23. The molecule has 1 N–H and O–H groups in total. The minimum atomic E-state index is 0.164. The first-order valence-electron chi connectivity index (χ1n) is 5.64. The molecule has 0 aromatic heterocycles. The highest BCUT2D eigenvalue weighted by Gasteiger charge is 2.15. The van der Waals surface area contributed by atoms with Crippen molar-refractivity contribution in [2.75, 3.05) is 6.54 Å². The highest BCUT2D eigenvalue weighted by atomic mass is 16.1. The third kappa shape index (κ3) is 6.93. The van der Waals surface area contributed by atoms with E-state index >= 15 is 0 Å². The standard InChI is InChI=1S/C12H25NO/c1-6-7-8-10(2)11(14)13-9-12(3,4)5/h10H,6-9H2,1-5H3,(H,13,14). The van der Waals surface area contributed by atoms with Crippen molar-refractivity contribution in [3.8, 4) is 0 Å². The van der Waals surface area contributed by atoms with Gasteiger partial charge in [-0.3, -0.25) is 4.79 Å². The van der Waals surface area contributed by atoms with Crippen molar-refractivity contribution >= 4 is 5.91 Å². The van der Waals surface area contributed by atoms with Crippen LogP contribution in [0.3, 0.4) is 0 Å². The van der Waals surface area contributed by atoms with Gasteiger partial charge in [0.05, 0.1) is 0 Å². The van der Waals surface area contributed by atoms with Crippen LogP contribution in [0.25, 0.3) is 0 Å². The lowest BCUT2D eigenvalue weighted by molar-refractivity contribution is -0.125. The Morgan fingerprint density at radius 3 is 2.36 bits per heavy atom. The van der Waals surface area contributed by atoms with Gasteiger partial charge in [-0.15, -0.1) is 0 Å². The zero-order valence-electron chi connectivity index (χ0n) is 10.3. The van der Waals surface area contributed by atoms with Crippen LogP contribution in [0.15, 0.2) is 0 Å². The van der Waals surface area contributed by atoms with E-state index in [9.17, 15) is 4.79 Å². The molecular weight excluding hydrogens is 174 g/mol. The molecule has 0 aliphatic carbocycles. The van der Waals surface area contributed by atoms with E-state index in [1.807, 2.05) is 6.92 Å². The summed E-state index contributed by atoms with van der Waals surface area (Å²) in [6.07, 6.45) is 3.31. The highest BCUT2D eigenvalue weighted by Crippen LogP contribution is 2.12. The summed E-state index contributed by atoms with van der Waals surface area (Å²) in [5.74, 6) is 0.366. The van der Waals surface area contributed by atoms with E-state index in [1.165, 1.54) is 0 Å². The van der Waals surface area contributed by atoms with Gasteiger partial charge in [-0.05, 0) is 11.8 Å². The Morgan fingerprint density at radius 1 is 1.36 bits per heavy atom. The Balaban J connectivity index is 3.73. The SMILES string of the molecule is CCCCC(C)C(=O)NCC(C)(C)C. The van der Waals surface area contributed by atoms with E-state index in [2.05, 4.69) is 33.0 Å². The van der Waals surface area contributed by atoms with Crippen LogP contribution < -0.4 is 5.32 Å². The molecule has 1 unspecified atom stereocenters. The molecule has 0 spiro atoms. The van der Waals surface area contributed by atoms with Gasteiger partial charge in [0.1, 0.15) is 0 Å². The maximum absolute atomic E-state index is 11.6. The van der Waals surface area contributed by atoms with Gasteiger partial charge in [-0.1, -0.05) is 47.5 Å². The molecule has 0 saturated carbocycles. The lowest BCUT2D eigenvalue weighted by Gasteiger charge is -2.20. The fourth-order valence-electron chi connectivity index (χ4n) is 1.17. The summed E-state index contributed by atoms with van der Waals surface area (Å²) < 4.78 is 0. The summed E-state index contributed by atoms with van der Waals surface area (Å²) in [4.78, 5) is 11.6. The van der Waals surface area contributed by atoms with Crippen molar-refractivity contribution in [2.45, 2.75) is 53.9 Å². The van der Waals surface area contributed by atoms with Crippen LogP contribution >= 0.6 is 0 Å². The summed E-state index contributed by atoms with van der Waals surface area (Å²) in [6, 6.07) is 0. The van der Waals surface area contributed by atoms with Gasteiger partial charge < -0.3 is 5.32 Å². The van der Waals surface area contributed by atoms with E-state index in [4.69, 9.17) is 0 Å². The number of hydrogen-bond acceptors (Lipinski definition) is 1. The van der Waals surface area contributed by atoms with Crippen LogP contribution in [0, 0.1) is 11.3 Å². The molecule has 84 valence electrons. The van der Waals surface area contributed by atoms with Crippen molar-refractivity contribution in [2.24, 2.45) is 11.3 Å². The average Bonchev–Trinajstić information content (AvgIpc) is 2.09. The second-order valence-corrected chi connectivity index (χ2v) is 5.32. The number of unbranched alkanes of at least 4 members (excludes halogenated alkanes) is 1. The Labute approximate surface area is 88.5 Å². The lowest BCUT2D eigenvalue weighted by Crippen LogP contribution is -2.35. The predicted molar refractivity (Wildman–Crippen MR) is 61.2 cm³/mol. The molecule has 0 saturated heterocycles. The molecule has 2 heteroatoms. The number of hydrogen-bond donors (Lipinski definition) is 1. The Bertz CT molecular complexity index is 170. The second kappa shape index (κ2) is 6.05. The normalized spacial score (nSPS) is 13.8. The molecule has 0 aromatic carbocycles. The van der Waals surface area contributed by atoms with Gasteiger partial charge >= 0.3 is 0 Å². The van der Waals surface area contributed by atoms with Crippen LogP contribution in [-0.4, -0.2) is 12.5 Å². The van der Waals surface area contributed by atoms with Gasteiger partial charge in [0.25, 0.3) is 0 Å². The first kappa shape index (κ1) is 13.5. The largest absolute Gasteiger partial charge is 0.355 e. The number of amides is 1. The molecule has 0 bridgehead atoms. The van der Waals surface area contributed by atoms with Gasteiger partial charge in [-0.2, -0.15) is 0 Å². The zero-order valence-corrected chi connectivity index (χ0v) is 10.3. The van der Waals surface area contributed by atoms with Crippen molar-refractivity contribution in [3.05, 3.63) is 0 Å². The van der Waals surface area contributed by atoms with E-state index in [0.29, 0.717) is 0 Å². The third-order valence-corrected chi connectivity index (χ3v) is 2.23. The average molecular weight is 199 g/mol. The zero-order chi connectivity index (χ0) is 11.2. The maximum atomic E-state index is 11.6. The topological polar surface area (TPSA) is 29.1 Å². The fourth-order valence-corrected chi connectivity index (χ4v) is 1.17. The number of carbonyl (C=O) groups excluding carboxylic acids is 1. The second-order valence-electron chi connectivity index (χ2n) is 5.32. The first-order valence-corrected chi connectivity index (χ1v) is 5.64. The van der Waals surface area contributed by atoms with Crippen molar-refractivity contribution in [1.82, 2.24) is 5.32 Å². The minimum absolute atomic E-state index is 0.164. The van der Waals surface area contributed by atoms with Crippen LogP contribution in [0.2, 0.25) is 0 Å². The smallest absolute Gasteiger partial charge is 0.222 e. The number of nitrogens with one attached hydrogen (secondary N) is 1. The predicted octanol–water partition coefficient (Wildman–Crippen LogP) is 2.98. The summed E-state index contributed by atoms with van der Waals surface area (Å²) in [7, 11) is 0. The molecule has 0 aliphatic rings. The van der Waals surface area contributed by atoms with Crippen molar-refractivity contribution in [1.29, 1.82) is 0 Å². The molecule has 0 radical (unpaired) electrons.